The standard InChI is InChI=1S/C15H9F2NO/c16-11-5-3-4-10(8-11)15(19)13(9-18)12-6-1-2-7-14(12)17/h1-8,13H. The summed E-state index contributed by atoms with van der Waals surface area (Å²) in [6.07, 6.45) is 0. The highest BCUT2D eigenvalue weighted by Crippen LogP contribution is 2.23. The Kier molecular flexibility index (Phi) is 3.67. The fourth-order valence-corrected chi connectivity index (χ4v) is 1.79. The minimum Gasteiger partial charge on any atom is -0.292 e. The highest BCUT2D eigenvalue weighted by molar-refractivity contribution is 6.02. The lowest BCUT2D eigenvalue weighted by Crippen LogP contribution is -2.13. The molecule has 0 saturated heterocycles. The zero-order valence-electron chi connectivity index (χ0n) is 9.81. The van der Waals surface area contributed by atoms with Crippen LogP contribution >= 0.6 is 0 Å². The number of halogens is 2. The first-order chi connectivity index (χ1) is 9.13. The van der Waals surface area contributed by atoms with E-state index in [0.29, 0.717) is 0 Å². The number of rotatable bonds is 3. The van der Waals surface area contributed by atoms with Gasteiger partial charge in [-0.3, -0.25) is 4.79 Å². The number of benzene rings is 2. The third-order valence-electron chi connectivity index (χ3n) is 2.72. The lowest BCUT2D eigenvalue weighted by atomic mass is 9.91. The van der Waals surface area contributed by atoms with Gasteiger partial charge >= 0.3 is 0 Å². The maximum Gasteiger partial charge on any atom is 0.184 e. The van der Waals surface area contributed by atoms with E-state index in [9.17, 15) is 13.6 Å². The molecule has 2 nitrogen and oxygen atoms in total. The molecule has 0 aliphatic carbocycles. The Morgan fingerprint density at radius 3 is 2.47 bits per heavy atom. The van der Waals surface area contributed by atoms with E-state index in [4.69, 9.17) is 5.26 Å². The number of hydrogen-bond donors (Lipinski definition) is 0. The summed E-state index contributed by atoms with van der Waals surface area (Å²) in [7, 11) is 0. The molecule has 0 aliphatic heterocycles. The van der Waals surface area contributed by atoms with Crippen LogP contribution in [0.1, 0.15) is 21.8 Å². The minimum absolute atomic E-state index is 0.000684. The molecule has 4 heteroatoms. The van der Waals surface area contributed by atoms with E-state index in [1.54, 1.807) is 12.1 Å². The van der Waals surface area contributed by atoms with E-state index in [1.165, 1.54) is 36.4 Å². The number of Topliss-reactive ketones (excluding diaryl/α,β-unsaturated/α-hetero) is 1. The molecule has 0 heterocycles. The van der Waals surface area contributed by atoms with E-state index in [2.05, 4.69) is 0 Å². The van der Waals surface area contributed by atoms with Crippen molar-refractivity contribution >= 4 is 5.78 Å². The van der Waals surface area contributed by atoms with Crippen LogP contribution in [0.3, 0.4) is 0 Å². The summed E-state index contributed by atoms with van der Waals surface area (Å²) in [6.45, 7) is 0. The Morgan fingerprint density at radius 1 is 1.11 bits per heavy atom. The number of ketones is 1. The van der Waals surface area contributed by atoms with Gasteiger partial charge in [-0.25, -0.2) is 8.78 Å². The largest absolute Gasteiger partial charge is 0.292 e. The van der Waals surface area contributed by atoms with Crippen molar-refractivity contribution in [1.82, 2.24) is 0 Å². The summed E-state index contributed by atoms with van der Waals surface area (Å²) in [6, 6.07) is 12.3. The van der Waals surface area contributed by atoms with Crippen LogP contribution in [0.15, 0.2) is 48.5 Å². The molecule has 2 aromatic carbocycles. The molecule has 1 unspecified atom stereocenters. The van der Waals surface area contributed by atoms with Crippen molar-refractivity contribution in [1.29, 1.82) is 5.26 Å². The Hall–Kier alpha value is -2.54. The Bertz CT molecular complexity index is 661. The van der Waals surface area contributed by atoms with Gasteiger partial charge in [0.1, 0.15) is 17.6 Å². The first kappa shape index (κ1) is 12.9. The van der Waals surface area contributed by atoms with Gasteiger partial charge < -0.3 is 0 Å². The molecule has 2 rings (SSSR count). The van der Waals surface area contributed by atoms with Gasteiger partial charge in [0.05, 0.1) is 6.07 Å². The van der Waals surface area contributed by atoms with Gasteiger partial charge in [-0.15, -0.1) is 0 Å². The van der Waals surface area contributed by atoms with Gasteiger partial charge in [0.25, 0.3) is 0 Å². The van der Waals surface area contributed by atoms with Crippen molar-refractivity contribution < 1.29 is 13.6 Å². The number of nitrogens with zero attached hydrogens (tertiary/aromatic N) is 1. The average molecular weight is 257 g/mol. The maximum absolute atomic E-state index is 13.6. The van der Waals surface area contributed by atoms with Crippen LogP contribution in [0.5, 0.6) is 0 Å². The van der Waals surface area contributed by atoms with E-state index >= 15 is 0 Å². The predicted molar refractivity (Wildman–Crippen MR) is 65.5 cm³/mol. The highest BCUT2D eigenvalue weighted by Gasteiger charge is 2.24. The molecule has 0 spiro atoms. The van der Waals surface area contributed by atoms with E-state index in [0.717, 1.165) is 6.07 Å². The van der Waals surface area contributed by atoms with Gasteiger partial charge in [-0.05, 0) is 18.2 Å². The smallest absolute Gasteiger partial charge is 0.184 e. The molecule has 0 amide bonds. The molecule has 19 heavy (non-hydrogen) atoms. The summed E-state index contributed by atoms with van der Waals surface area (Å²) in [4.78, 5) is 12.1. The third kappa shape index (κ3) is 2.66. The summed E-state index contributed by atoms with van der Waals surface area (Å²) >= 11 is 0. The van der Waals surface area contributed by atoms with Crippen LogP contribution < -0.4 is 0 Å². The Morgan fingerprint density at radius 2 is 1.84 bits per heavy atom. The minimum atomic E-state index is -1.28. The van der Waals surface area contributed by atoms with Gasteiger partial charge in [0.15, 0.2) is 5.78 Å². The van der Waals surface area contributed by atoms with Crippen molar-refractivity contribution in [2.45, 2.75) is 5.92 Å². The number of hydrogen-bond acceptors (Lipinski definition) is 2. The lowest BCUT2D eigenvalue weighted by molar-refractivity contribution is 0.0977. The molecule has 1 atom stereocenters. The van der Waals surface area contributed by atoms with Gasteiger partial charge in [-0.2, -0.15) is 5.26 Å². The molecule has 94 valence electrons. The second-order valence-electron chi connectivity index (χ2n) is 3.96. The van der Waals surface area contributed by atoms with Gasteiger partial charge in [-0.1, -0.05) is 30.3 Å². The van der Waals surface area contributed by atoms with E-state index in [-0.39, 0.29) is 11.1 Å². The number of carbonyl (C=O) groups excluding carboxylic acids is 1. The lowest BCUT2D eigenvalue weighted by Gasteiger charge is -2.09. The van der Waals surface area contributed by atoms with Crippen LogP contribution in [-0.2, 0) is 0 Å². The molecule has 2 aromatic rings. The number of carbonyl (C=O) groups is 1. The van der Waals surface area contributed by atoms with Crippen molar-refractivity contribution in [2.24, 2.45) is 0 Å². The average Bonchev–Trinajstić information content (AvgIpc) is 2.41. The second kappa shape index (κ2) is 5.40. The highest BCUT2D eigenvalue weighted by atomic mass is 19.1. The second-order valence-corrected chi connectivity index (χ2v) is 3.96. The fourth-order valence-electron chi connectivity index (χ4n) is 1.79. The van der Waals surface area contributed by atoms with E-state index < -0.39 is 23.3 Å². The van der Waals surface area contributed by atoms with Crippen LogP contribution in [0.4, 0.5) is 8.78 Å². The van der Waals surface area contributed by atoms with Gasteiger partial charge in [0, 0.05) is 11.1 Å². The quantitative estimate of drug-likeness (QED) is 0.790. The monoisotopic (exact) mass is 257 g/mol. The first-order valence-electron chi connectivity index (χ1n) is 5.57. The number of nitriles is 1. The maximum atomic E-state index is 13.6. The van der Waals surface area contributed by atoms with Gasteiger partial charge in [0.2, 0.25) is 0 Å². The van der Waals surface area contributed by atoms with Crippen LogP contribution in [0.25, 0.3) is 0 Å². The molecular formula is C15H9F2NO. The van der Waals surface area contributed by atoms with Crippen LogP contribution in [-0.4, -0.2) is 5.78 Å². The molecule has 0 aromatic heterocycles. The summed E-state index contributed by atoms with van der Waals surface area (Å²) in [5, 5.41) is 9.07. The van der Waals surface area contributed by atoms with Crippen molar-refractivity contribution in [3.05, 3.63) is 71.3 Å². The Balaban J connectivity index is 2.42. The van der Waals surface area contributed by atoms with E-state index in [1.807, 2.05) is 0 Å². The third-order valence-corrected chi connectivity index (χ3v) is 2.72. The van der Waals surface area contributed by atoms with Crippen molar-refractivity contribution in [3.63, 3.8) is 0 Å². The molecule has 0 saturated carbocycles. The fraction of sp³-hybridized carbons (Fsp3) is 0.0667. The summed E-state index contributed by atoms with van der Waals surface area (Å²) in [5.74, 6) is -3.09. The Labute approximate surface area is 108 Å². The van der Waals surface area contributed by atoms with Crippen LogP contribution in [0.2, 0.25) is 0 Å². The normalized spacial score (nSPS) is 11.6. The van der Waals surface area contributed by atoms with Crippen molar-refractivity contribution in [2.75, 3.05) is 0 Å². The zero-order valence-corrected chi connectivity index (χ0v) is 9.81. The predicted octanol–water partition coefficient (Wildman–Crippen LogP) is 3.45. The molecule has 0 aliphatic rings. The van der Waals surface area contributed by atoms with Crippen LogP contribution in [0, 0.1) is 23.0 Å². The summed E-state index contributed by atoms with van der Waals surface area (Å²) in [5.41, 5.74) is 0.0501. The summed E-state index contributed by atoms with van der Waals surface area (Å²) < 4.78 is 26.7. The molecule has 0 bridgehead atoms. The molecule has 0 fully saturated rings. The SMILES string of the molecule is N#CC(C(=O)c1cccc(F)c1)c1ccccc1F. The molecule has 0 N–H and O–H groups in total. The first-order valence-corrected chi connectivity index (χ1v) is 5.57. The zero-order chi connectivity index (χ0) is 13.8. The molecular weight excluding hydrogens is 248 g/mol. The van der Waals surface area contributed by atoms with Crippen molar-refractivity contribution in [3.8, 4) is 6.07 Å². The topological polar surface area (TPSA) is 40.9 Å². The molecule has 0 radical (unpaired) electrons.